The standard InChI is InChI=1S/C13H15FN2O2/c1-8(15-2)13-16-7-12(18-13)9-4-5-11(17-3)10(14)6-9/h4-8,15H,1-3H3. The highest BCUT2D eigenvalue weighted by Crippen LogP contribution is 2.27. The van der Waals surface area contributed by atoms with Crippen LogP contribution in [0.25, 0.3) is 11.3 Å². The van der Waals surface area contributed by atoms with Crippen molar-refractivity contribution < 1.29 is 13.5 Å². The first kappa shape index (κ1) is 12.6. The third kappa shape index (κ3) is 2.36. The lowest BCUT2D eigenvalue weighted by Crippen LogP contribution is -2.12. The van der Waals surface area contributed by atoms with E-state index in [2.05, 4.69) is 10.3 Å². The Kier molecular flexibility index (Phi) is 3.62. The second kappa shape index (κ2) is 5.18. The lowest BCUT2D eigenvalue weighted by Gasteiger charge is -2.04. The van der Waals surface area contributed by atoms with E-state index >= 15 is 0 Å². The van der Waals surface area contributed by atoms with Gasteiger partial charge in [0.2, 0.25) is 5.89 Å². The number of aromatic nitrogens is 1. The average Bonchev–Trinajstić information content (AvgIpc) is 2.87. The Morgan fingerprint density at radius 2 is 2.22 bits per heavy atom. The number of halogens is 1. The van der Waals surface area contributed by atoms with Crippen molar-refractivity contribution in [3.63, 3.8) is 0 Å². The van der Waals surface area contributed by atoms with Crippen LogP contribution in [0.15, 0.2) is 28.8 Å². The monoisotopic (exact) mass is 250 g/mol. The van der Waals surface area contributed by atoms with Crippen LogP contribution in [-0.2, 0) is 0 Å². The van der Waals surface area contributed by atoms with E-state index < -0.39 is 5.82 Å². The highest BCUT2D eigenvalue weighted by Gasteiger charge is 2.13. The number of nitrogens with zero attached hydrogens (tertiary/aromatic N) is 1. The van der Waals surface area contributed by atoms with E-state index in [-0.39, 0.29) is 11.8 Å². The van der Waals surface area contributed by atoms with Gasteiger partial charge in [0.25, 0.3) is 0 Å². The molecular formula is C13H15FN2O2. The van der Waals surface area contributed by atoms with Crippen molar-refractivity contribution in [2.24, 2.45) is 0 Å². The molecule has 1 unspecified atom stereocenters. The van der Waals surface area contributed by atoms with Crippen LogP contribution in [0.2, 0.25) is 0 Å². The number of benzene rings is 1. The molecule has 1 aromatic heterocycles. The molecule has 0 spiro atoms. The van der Waals surface area contributed by atoms with Crippen molar-refractivity contribution in [1.29, 1.82) is 0 Å². The number of hydrogen-bond donors (Lipinski definition) is 1. The Hall–Kier alpha value is -1.88. The van der Waals surface area contributed by atoms with Crippen LogP contribution in [0.3, 0.4) is 0 Å². The Bertz CT molecular complexity index is 540. The molecule has 2 aromatic rings. The minimum absolute atomic E-state index is 0.0156. The molecule has 18 heavy (non-hydrogen) atoms. The highest BCUT2D eigenvalue weighted by molar-refractivity contribution is 5.57. The normalized spacial score (nSPS) is 12.4. The molecule has 0 amide bonds. The summed E-state index contributed by atoms with van der Waals surface area (Å²) in [7, 11) is 3.25. The summed E-state index contributed by atoms with van der Waals surface area (Å²) >= 11 is 0. The first-order valence-corrected chi connectivity index (χ1v) is 5.62. The fourth-order valence-electron chi connectivity index (χ4n) is 1.56. The van der Waals surface area contributed by atoms with Gasteiger partial charge in [-0.2, -0.15) is 0 Å². The van der Waals surface area contributed by atoms with Crippen molar-refractivity contribution in [1.82, 2.24) is 10.3 Å². The molecule has 1 heterocycles. The molecule has 96 valence electrons. The predicted molar refractivity (Wildman–Crippen MR) is 65.9 cm³/mol. The number of nitrogens with one attached hydrogen (secondary N) is 1. The number of ether oxygens (including phenoxy) is 1. The number of methoxy groups -OCH3 is 1. The maximum absolute atomic E-state index is 13.6. The van der Waals surface area contributed by atoms with Gasteiger partial charge in [-0.1, -0.05) is 0 Å². The minimum atomic E-state index is -0.422. The maximum Gasteiger partial charge on any atom is 0.211 e. The summed E-state index contributed by atoms with van der Waals surface area (Å²) in [4.78, 5) is 4.15. The average molecular weight is 250 g/mol. The highest BCUT2D eigenvalue weighted by atomic mass is 19.1. The van der Waals surface area contributed by atoms with E-state index in [9.17, 15) is 4.39 Å². The van der Waals surface area contributed by atoms with E-state index in [4.69, 9.17) is 9.15 Å². The number of rotatable bonds is 4. The van der Waals surface area contributed by atoms with Gasteiger partial charge >= 0.3 is 0 Å². The molecule has 0 fully saturated rings. The van der Waals surface area contributed by atoms with Crippen molar-refractivity contribution in [3.8, 4) is 17.1 Å². The summed E-state index contributed by atoms with van der Waals surface area (Å²) in [5, 5.41) is 3.03. The topological polar surface area (TPSA) is 47.3 Å². The van der Waals surface area contributed by atoms with E-state index in [1.807, 2.05) is 14.0 Å². The van der Waals surface area contributed by atoms with Gasteiger partial charge in [-0.05, 0) is 32.2 Å². The quantitative estimate of drug-likeness (QED) is 0.906. The summed E-state index contributed by atoms with van der Waals surface area (Å²) in [6.45, 7) is 1.93. The fourth-order valence-corrected chi connectivity index (χ4v) is 1.56. The molecule has 0 bridgehead atoms. The molecular weight excluding hydrogens is 235 g/mol. The molecule has 4 nitrogen and oxygen atoms in total. The van der Waals surface area contributed by atoms with Gasteiger partial charge in [-0.25, -0.2) is 9.37 Å². The molecule has 1 atom stereocenters. The lowest BCUT2D eigenvalue weighted by atomic mass is 10.2. The first-order chi connectivity index (χ1) is 8.65. The van der Waals surface area contributed by atoms with Crippen LogP contribution in [0.1, 0.15) is 18.9 Å². The van der Waals surface area contributed by atoms with Crippen molar-refractivity contribution >= 4 is 0 Å². The fraction of sp³-hybridized carbons (Fsp3) is 0.308. The van der Waals surface area contributed by atoms with Crippen LogP contribution in [-0.4, -0.2) is 19.1 Å². The minimum Gasteiger partial charge on any atom is -0.494 e. The van der Waals surface area contributed by atoms with Gasteiger partial charge in [0.15, 0.2) is 17.3 Å². The molecule has 5 heteroatoms. The van der Waals surface area contributed by atoms with Crippen molar-refractivity contribution in [3.05, 3.63) is 36.1 Å². The van der Waals surface area contributed by atoms with Crippen LogP contribution < -0.4 is 10.1 Å². The van der Waals surface area contributed by atoms with Gasteiger partial charge in [0, 0.05) is 5.56 Å². The molecule has 0 aliphatic carbocycles. The summed E-state index contributed by atoms with van der Waals surface area (Å²) in [6.07, 6.45) is 1.59. The summed E-state index contributed by atoms with van der Waals surface area (Å²) < 4.78 is 24.0. The Morgan fingerprint density at radius 1 is 1.44 bits per heavy atom. The third-order valence-electron chi connectivity index (χ3n) is 2.76. The van der Waals surface area contributed by atoms with Crippen molar-refractivity contribution in [2.45, 2.75) is 13.0 Å². The Balaban J connectivity index is 2.31. The molecule has 0 saturated heterocycles. The molecule has 2 rings (SSSR count). The predicted octanol–water partition coefficient (Wildman–Crippen LogP) is 2.77. The third-order valence-corrected chi connectivity index (χ3v) is 2.76. The van der Waals surface area contributed by atoms with Crippen LogP contribution in [0.4, 0.5) is 4.39 Å². The van der Waals surface area contributed by atoms with Crippen molar-refractivity contribution in [2.75, 3.05) is 14.2 Å². The summed E-state index contributed by atoms with van der Waals surface area (Å²) in [5.74, 6) is 0.897. The summed E-state index contributed by atoms with van der Waals surface area (Å²) in [6, 6.07) is 4.68. The van der Waals surface area contributed by atoms with Gasteiger partial charge in [0.1, 0.15) is 0 Å². The lowest BCUT2D eigenvalue weighted by molar-refractivity contribution is 0.386. The van der Waals surface area contributed by atoms with E-state index in [1.165, 1.54) is 13.2 Å². The smallest absolute Gasteiger partial charge is 0.211 e. The van der Waals surface area contributed by atoms with Gasteiger partial charge in [-0.3, -0.25) is 0 Å². The van der Waals surface area contributed by atoms with E-state index in [0.29, 0.717) is 17.2 Å². The zero-order valence-corrected chi connectivity index (χ0v) is 10.5. The maximum atomic E-state index is 13.6. The second-order valence-electron chi connectivity index (χ2n) is 3.92. The second-order valence-corrected chi connectivity index (χ2v) is 3.92. The van der Waals surface area contributed by atoms with Crippen LogP contribution in [0.5, 0.6) is 5.75 Å². The van der Waals surface area contributed by atoms with Gasteiger partial charge in [0.05, 0.1) is 19.3 Å². The Labute approximate surface area is 105 Å². The van der Waals surface area contributed by atoms with Crippen LogP contribution in [0, 0.1) is 5.82 Å². The first-order valence-electron chi connectivity index (χ1n) is 5.62. The molecule has 1 N–H and O–H groups in total. The molecule has 0 aliphatic heterocycles. The van der Waals surface area contributed by atoms with E-state index in [1.54, 1.807) is 18.3 Å². The molecule has 0 aliphatic rings. The van der Waals surface area contributed by atoms with E-state index in [0.717, 1.165) is 0 Å². The number of hydrogen-bond acceptors (Lipinski definition) is 4. The van der Waals surface area contributed by atoms with Gasteiger partial charge < -0.3 is 14.5 Å². The SMILES string of the molecule is CNC(C)c1ncc(-c2ccc(OC)c(F)c2)o1. The largest absolute Gasteiger partial charge is 0.494 e. The zero-order chi connectivity index (χ0) is 13.1. The van der Waals surface area contributed by atoms with Crippen LogP contribution >= 0.6 is 0 Å². The van der Waals surface area contributed by atoms with Gasteiger partial charge in [-0.15, -0.1) is 0 Å². The number of oxazole rings is 1. The zero-order valence-electron chi connectivity index (χ0n) is 10.5. The molecule has 0 radical (unpaired) electrons. The molecule has 1 aromatic carbocycles. The Morgan fingerprint density at radius 3 is 2.83 bits per heavy atom. The summed E-state index contributed by atoms with van der Waals surface area (Å²) in [5.41, 5.74) is 0.635. The molecule has 0 saturated carbocycles.